The van der Waals surface area contributed by atoms with E-state index in [1.807, 2.05) is 4.90 Å². The van der Waals surface area contributed by atoms with Gasteiger partial charge in [-0.1, -0.05) is 12.8 Å². The van der Waals surface area contributed by atoms with E-state index in [9.17, 15) is 18.0 Å². The van der Waals surface area contributed by atoms with Crippen LogP contribution in [0.1, 0.15) is 57.4 Å². The number of amides is 2. The number of nitrogens with zero attached hydrogens (tertiary/aromatic N) is 1. The molecule has 1 aromatic carbocycles. The predicted molar refractivity (Wildman–Crippen MR) is 113 cm³/mol. The Hall–Kier alpha value is -2.09. The first-order chi connectivity index (χ1) is 14.3. The smallest absolute Gasteiger partial charge is 0.262 e. The minimum Gasteiger partial charge on any atom is -0.482 e. The zero-order valence-corrected chi connectivity index (χ0v) is 18.5. The summed E-state index contributed by atoms with van der Waals surface area (Å²) in [5.74, 6) is 0.595. The zero-order chi connectivity index (χ0) is 21.5. The van der Waals surface area contributed by atoms with E-state index in [1.165, 1.54) is 25.3 Å². The molecule has 0 spiro atoms. The Morgan fingerprint density at radius 3 is 2.77 bits per heavy atom. The highest BCUT2D eigenvalue weighted by atomic mass is 32.2. The average molecular weight is 435 g/mol. The number of hydrogen-bond donors (Lipinski definition) is 1. The number of sulfone groups is 1. The van der Waals surface area contributed by atoms with Gasteiger partial charge in [0.2, 0.25) is 5.91 Å². The van der Waals surface area contributed by atoms with Crippen LogP contribution in [0, 0.1) is 12.8 Å². The molecule has 2 heterocycles. The Morgan fingerprint density at radius 1 is 1.23 bits per heavy atom. The lowest BCUT2D eigenvalue weighted by atomic mass is 9.78. The van der Waals surface area contributed by atoms with Crippen LogP contribution in [0.5, 0.6) is 5.75 Å². The van der Waals surface area contributed by atoms with Gasteiger partial charge in [0.05, 0.1) is 15.8 Å². The fourth-order valence-electron chi connectivity index (χ4n) is 5.15. The molecule has 7 nitrogen and oxygen atoms in total. The molecule has 8 heteroatoms. The molecular formula is C22H30N2O5S. The van der Waals surface area contributed by atoms with Gasteiger partial charge in [-0.25, -0.2) is 8.42 Å². The molecule has 3 atom stereocenters. The molecule has 4 rings (SSSR count). The van der Waals surface area contributed by atoms with Crippen molar-refractivity contribution in [3.63, 3.8) is 0 Å². The number of carbonyl (C=O) groups excluding carboxylic acids is 2. The summed E-state index contributed by atoms with van der Waals surface area (Å²) >= 11 is 0. The van der Waals surface area contributed by atoms with Gasteiger partial charge in [-0.15, -0.1) is 0 Å². The summed E-state index contributed by atoms with van der Waals surface area (Å²) in [6.07, 6.45) is 6.74. The minimum atomic E-state index is -3.72. The number of rotatable bonds is 4. The Kier molecular flexibility index (Phi) is 5.79. The second-order valence-electron chi connectivity index (χ2n) is 8.85. The summed E-state index contributed by atoms with van der Waals surface area (Å²) < 4.78 is 32.0. The number of likely N-dealkylation sites (tertiary alicyclic amines) is 1. The number of hydrogen-bond acceptors (Lipinski definition) is 5. The molecule has 1 N–H and O–H groups in total. The van der Waals surface area contributed by atoms with Gasteiger partial charge < -0.3 is 15.0 Å². The van der Waals surface area contributed by atoms with Crippen LogP contribution in [-0.2, 0) is 19.4 Å². The molecule has 1 saturated heterocycles. The van der Waals surface area contributed by atoms with Crippen molar-refractivity contribution in [3.05, 3.63) is 17.7 Å². The molecule has 1 saturated carbocycles. The molecule has 3 aliphatic rings. The van der Waals surface area contributed by atoms with Crippen molar-refractivity contribution in [2.75, 3.05) is 18.5 Å². The monoisotopic (exact) mass is 434 g/mol. The lowest BCUT2D eigenvalue weighted by Crippen LogP contribution is -2.50. The molecule has 0 bridgehead atoms. The molecule has 0 radical (unpaired) electrons. The zero-order valence-electron chi connectivity index (χ0n) is 17.6. The molecule has 0 unspecified atom stereocenters. The van der Waals surface area contributed by atoms with E-state index in [0.29, 0.717) is 22.9 Å². The maximum atomic E-state index is 13.3. The fraction of sp³-hybridized carbons (Fsp3) is 0.636. The molecule has 1 aromatic rings. The lowest BCUT2D eigenvalue weighted by Gasteiger charge is -2.44. The third kappa shape index (κ3) is 3.94. The molecule has 2 aliphatic heterocycles. The number of anilines is 1. The second-order valence-corrected chi connectivity index (χ2v) is 11.2. The van der Waals surface area contributed by atoms with Crippen LogP contribution in [0.3, 0.4) is 0 Å². The Bertz CT molecular complexity index is 957. The van der Waals surface area contributed by atoms with Crippen LogP contribution < -0.4 is 10.1 Å². The predicted octanol–water partition coefficient (Wildman–Crippen LogP) is 3.06. The molecule has 2 amide bonds. The van der Waals surface area contributed by atoms with Gasteiger partial charge >= 0.3 is 0 Å². The SMILES string of the molecule is Cc1cc2c(cc1S(=O)(=O)[C@H](C)CC(=O)N1CCC[C@@H]3CCCC[C@H]31)OCC(=O)N2. The van der Waals surface area contributed by atoms with Crippen molar-refractivity contribution in [2.45, 2.75) is 75.0 Å². The van der Waals surface area contributed by atoms with Crippen LogP contribution in [0.15, 0.2) is 17.0 Å². The summed E-state index contributed by atoms with van der Waals surface area (Å²) in [4.78, 5) is 26.7. The van der Waals surface area contributed by atoms with E-state index in [2.05, 4.69) is 5.32 Å². The first-order valence-electron chi connectivity index (χ1n) is 10.9. The van der Waals surface area contributed by atoms with Crippen molar-refractivity contribution in [3.8, 4) is 5.75 Å². The second kappa shape index (κ2) is 8.21. The van der Waals surface area contributed by atoms with E-state index in [0.717, 1.165) is 25.8 Å². The molecule has 30 heavy (non-hydrogen) atoms. The number of benzene rings is 1. The van der Waals surface area contributed by atoms with Crippen molar-refractivity contribution >= 4 is 27.3 Å². The van der Waals surface area contributed by atoms with E-state index in [1.54, 1.807) is 19.9 Å². The van der Waals surface area contributed by atoms with Crippen molar-refractivity contribution < 1.29 is 22.7 Å². The molecule has 164 valence electrons. The Morgan fingerprint density at radius 2 is 1.97 bits per heavy atom. The third-order valence-corrected chi connectivity index (χ3v) is 9.05. The van der Waals surface area contributed by atoms with E-state index >= 15 is 0 Å². The molecule has 0 aromatic heterocycles. The van der Waals surface area contributed by atoms with Gasteiger partial charge in [-0.05, 0) is 57.1 Å². The number of piperidine rings is 1. The van der Waals surface area contributed by atoms with Gasteiger partial charge in [-0.3, -0.25) is 9.59 Å². The molecule has 2 fully saturated rings. The lowest BCUT2D eigenvalue weighted by molar-refractivity contribution is -0.137. The van der Waals surface area contributed by atoms with Gasteiger partial charge in [0.15, 0.2) is 16.4 Å². The maximum absolute atomic E-state index is 13.3. The summed E-state index contributed by atoms with van der Waals surface area (Å²) in [6, 6.07) is 3.36. The van der Waals surface area contributed by atoms with Crippen LogP contribution in [-0.4, -0.2) is 49.6 Å². The minimum absolute atomic E-state index is 0.0142. The quantitative estimate of drug-likeness (QED) is 0.786. The highest BCUT2D eigenvalue weighted by Gasteiger charge is 2.37. The van der Waals surface area contributed by atoms with Crippen molar-refractivity contribution in [1.82, 2.24) is 4.90 Å². The number of fused-ring (bicyclic) bond motifs is 2. The molecule has 1 aliphatic carbocycles. The van der Waals surface area contributed by atoms with Gasteiger partial charge in [0.1, 0.15) is 5.75 Å². The maximum Gasteiger partial charge on any atom is 0.262 e. The van der Waals surface area contributed by atoms with Gasteiger partial charge in [-0.2, -0.15) is 0 Å². The highest BCUT2D eigenvalue weighted by Crippen LogP contribution is 2.37. The summed E-state index contributed by atoms with van der Waals surface area (Å²) in [6.45, 7) is 3.90. The van der Waals surface area contributed by atoms with Crippen LogP contribution in [0.2, 0.25) is 0 Å². The number of carbonyl (C=O) groups is 2. The topological polar surface area (TPSA) is 92.8 Å². The summed E-state index contributed by atoms with van der Waals surface area (Å²) in [7, 11) is -3.72. The number of aryl methyl sites for hydroxylation is 1. The first kappa shape index (κ1) is 21.2. The van der Waals surface area contributed by atoms with Crippen molar-refractivity contribution in [2.24, 2.45) is 5.92 Å². The number of nitrogens with one attached hydrogen (secondary N) is 1. The first-order valence-corrected chi connectivity index (χ1v) is 12.4. The largest absolute Gasteiger partial charge is 0.482 e. The van der Waals surface area contributed by atoms with Gasteiger partial charge in [0.25, 0.3) is 5.91 Å². The Balaban J connectivity index is 1.52. The highest BCUT2D eigenvalue weighted by molar-refractivity contribution is 7.92. The molecular weight excluding hydrogens is 404 g/mol. The third-order valence-electron chi connectivity index (χ3n) is 6.77. The fourth-order valence-corrected chi connectivity index (χ4v) is 6.72. The average Bonchev–Trinajstić information content (AvgIpc) is 2.72. The van der Waals surface area contributed by atoms with Crippen LogP contribution in [0.25, 0.3) is 0 Å². The number of ether oxygens (including phenoxy) is 1. The van der Waals surface area contributed by atoms with E-state index in [4.69, 9.17) is 4.74 Å². The van der Waals surface area contributed by atoms with Crippen LogP contribution in [0.4, 0.5) is 5.69 Å². The summed E-state index contributed by atoms with van der Waals surface area (Å²) in [5.41, 5.74) is 1.01. The standard InChI is InChI=1S/C22H30N2O5S/c1-14-10-17-19(29-13-21(25)23-17)12-20(14)30(27,28)15(2)11-22(26)24-9-5-7-16-6-3-4-8-18(16)24/h10,12,15-16,18H,3-9,11,13H2,1-2H3,(H,23,25)/t15-,16+,18-/m1/s1. The summed E-state index contributed by atoms with van der Waals surface area (Å²) in [5, 5.41) is 1.86. The van der Waals surface area contributed by atoms with Gasteiger partial charge in [0, 0.05) is 25.1 Å². The van der Waals surface area contributed by atoms with Crippen LogP contribution >= 0.6 is 0 Å². The van der Waals surface area contributed by atoms with Crippen molar-refractivity contribution in [1.29, 1.82) is 0 Å². The van der Waals surface area contributed by atoms with E-state index < -0.39 is 15.1 Å². The Labute approximate surface area is 178 Å². The normalized spacial score (nSPS) is 24.9. The van der Waals surface area contributed by atoms with E-state index in [-0.39, 0.29) is 35.8 Å².